The summed E-state index contributed by atoms with van der Waals surface area (Å²) in [6.45, 7) is 6.88. The Morgan fingerprint density at radius 2 is 1.54 bits per heavy atom. The van der Waals surface area contributed by atoms with Gasteiger partial charge in [-0.25, -0.2) is 0 Å². The molecule has 0 aliphatic rings. The van der Waals surface area contributed by atoms with E-state index in [4.69, 9.17) is 11.1 Å². The lowest BCUT2D eigenvalue weighted by atomic mass is 10.0. The zero-order valence-electron chi connectivity index (χ0n) is 15.5. The van der Waals surface area contributed by atoms with Crippen LogP contribution in [0.5, 0.6) is 0 Å². The van der Waals surface area contributed by atoms with E-state index in [2.05, 4.69) is 16.0 Å². The molecule has 6 nitrogen and oxygen atoms in total. The minimum Gasteiger partial charge on any atom is -0.370 e. The second-order valence-corrected chi connectivity index (χ2v) is 7.19. The van der Waals surface area contributed by atoms with Crippen LogP contribution < -0.4 is 21.7 Å². The molecule has 0 aliphatic carbocycles. The highest BCUT2D eigenvalue weighted by molar-refractivity contribution is 5.92. The van der Waals surface area contributed by atoms with E-state index >= 15 is 0 Å². The first-order valence-electron chi connectivity index (χ1n) is 8.55. The molecule has 2 rings (SSSR count). The van der Waals surface area contributed by atoms with Crippen LogP contribution in [0.2, 0.25) is 0 Å². The molecule has 0 fully saturated rings. The van der Waals surface area contributed by atoms with Crippen LogP contribution in [0.3, 0.4) is 0 Å². The molecule has 6 N–H and O–H groups in total. The van der Waals surface area contributed by atoms with E-state index in [1.807, 2.05) is 69.3 Å². The van der Waals surface area contributed by atoms with Crippen molar-refractivity contribution in [2.24, 2.45) is 5.73 Å². The van der Waals surface area contributed by atoms with E-state index in [0.29, 0.717) is 6.54 Å². The fraction of sp³-hybridized carbons (Fsp3) is 0.300. The second-order valence-electron chi connectivity index (χ2n) is 7.19. The van der Waals surface area contributed by atoms with Crippen molar-refractivity contribution in [1.82, 2.24) is 10.6 Å². The average Bonchev–Trinajstić information content (AvgIpc) is 2.59. The first-order chi connectivity index (χ1) is 12.2. The van der Waals surface area contributed by atoms with Crippen LogP contribution in [0, 0.1) is 5.41 Å². The van der Waals surface area contributed by atoms with Gasteiger partial charge in [0.1, 0.15) is 0 Å². The summed E-state index contributed by atoms with van der Waals surface area (Å²) in [5, 5.41) is 16.0. The number of hydrogen-bond donors (Lipinski definition) is 5. The topological polar surface area (TPSA) is 103 Å². The van der Waals surface area contributed by atoms with E-state index in [1.54, 1.807) is 0 Å². The van der Waals surface area contributed by atoms with Crippen molar-refractivity contribution in [1.29, 1.82) is 5.41 Å². The highest BCUT2D eigenvalue weighted by atomic mass is 16.1. The largest absolute Gasteiger partial charge is 0.370 e. The summed E-state index contributed by atoms with van der Waals surface area (Å²) >= 11 is 0. The minimum absolute atomic E-state index is 0.0376. The van der Waals surface area contributed by atoms with Gasteiger partial charge in [0, 0.05) is 17.8 Å². The standard InChI is InChI=1S/C20H27N5O/c1-20(2,3)24-13-18(26)25-17-10-8-16(9-11-17)15-6-4-14(5-7-15)12-23-19(21)22/h4-11,24H,12-13H2,1-3H3,(H,25,26)(H4,21,22,23). The van der Waals surface area contributed by atoms with Crippen molar-refractivity contribution in [3.8, 4) is 11.1 Å². The Morgan fingerprint density at radius 1 is 1.00 bits per heavy atom. The third-order valence-electron chi connectivity index (χ3n) is 3.72. The van der Waals surface area contributed by atoms with Gasteiger partial charge >= 0.3 is 0 Å². The molecule has 0 saturated carbocycles. The molecule has 0 saturated heterocycles. The Bertz CT molecular complexity index is 745. The van der Waals surface area contributed by atoms with Crippen molar-refractivity contribution in [2.75, 3.05) is 11.9 Å². The number of hydrogen-bond acceptors (Lipinski definition) is 3. The molecule has 6 heteroatoms. The van der Waals surface area contributed by atoms with Gasteiger partial charge in [-0.15, -0.1) is 0 Å². The molecule has 2 aromatic rings. The number of carbonyl (C=O) groups is 1. The monoisotopic (exact) mass is 353 g/mol. The minimum atomic E-state index is -0.0900. The summed E-state index contributed by atoms with van der Waals surface area (Å²) in [6, 6.07) is 15.8. The molecule has 0 heterocycles. The van der Waals surface area contributed by atoms with Crippen molar-refractivity contribution >= 4 is 17.6 Å². The maximum absolute atomic E-state index is 12.0. The molecule has 0 unspecified atom stereocenters. The lowest BCUT2D eigenvalue weighted by Crippen LogP contribution is -2.41. The maximum atomic E-state index is 12.0. The van der Waals surface area contributed by atoms with Gasteiger partial charge in [0.25, 0.3) is 0 Å². The molecular formula is C20H27N5O. The smallest absolute Gasteiger partial charge is 0.238 e. The molecule has 2 aromatic carbocycles. The Hall–Kier alpha value is -2.86. The number of nitrogens with two attached hydrogens (primary N) is 1. The summed E-state index contributed by atoms with van der Waals surface area (Å²) in [5.74, 6) is -0.0978. The number of nitrogens with one attached hydrogen (secondary N) is 4. The predicted molar refractivity (Wildman–Crippen MR) is 107 cm³/mol. The van der Waals surface area contributed by atoms with Crippen molar-refractivity contribution in [3.05, 3.63) is 54.1 Å². The zero-order chi connectivity index (χ0) is 19.2. The van der Waals surface area contributed by atoms with Gasteiger partial charge in [-0.2, -0.15) is 0 Å². The summed E-state index contributed by atoms with van der Waals surface area (Å²) in [4.78, 5) is 12.0. The van der Waals surface area contributed by atoms with E-state index in [1.165, 1.54) is 0 Å². The summed E-state index contributed by atoms with van der Waals surface area (Å²) < 4.78 is 0. The molecule has 138 valence electrons. The second kappa shape index (κ2) is 8.49. The van der Waals surface area contributed by atoms with Crippen molar-refractivity contribution in [2.45, 2.75) is 32.9 Å². The molecule has 0 atom stereocenters. The van der Waals surface area contributed by atoms with Crippen LogP contribution in [0.1, 0.15) is 26.3 Å². The summed E-state index contributed by atoms with van der Waals surface area (Å²) in [6.07, 6.45) is 0. The number of carbonyl (C=O) groups excluding carboxylic acids is 1. The van der Waals surface area contributed by atoms with E-state index in [-0.39, 0.29) is 24.0 Å². The van der Waals surface area contributed by atoms with Gasteiger partial charge < -0.3 is 21.7 Å². The van der Waals surface area contributed by atoms with Crippen LogP contribution in [0.15, 0.2) is 48.5 Å². The molecule has 0 aliphatic heterocycles. The van der Waals surface area contributed by atoms with Crippen molar-refractivity contribution < 1.29 is 4.79 Å². The Kier molecular flexibility index (Phi) is 6.36. The first kappa shape index (κ1) is 19.5. The number of anilines is 1. The Balaban J connectivity index is 1.94. The van der Waals surface area contributed by atoms with Gasteiger partial charge in [-0.3, -0.25) is 10.2 Å². The number of rotatable bonds is 6. The van der Waals surface area contributed by atoms with Gasteiger partial charge in [0.05, 0.1) is 6.54 Å². The zero-order valence-corrected chi connectivity index (χ0v) is 15.5. The number of benzene rings is 2. The third-order valence-corrected chi connectivity index (χ3v) is 3.72. The van der Waals surface area contributed by atoms with Crippen LogP contribution in [-0.2, 0) is 11.3 Å². The molecule has 26 heavy (non-hydrogen) atoms. The molecular weight excluding hydrogens is 326 g/mol. The Morgan fingerprint density at radius 3 is 2.04 bits per heavy atom. The summed E-state index contributed by atoms with van der Waals surface area (Å²) in [7, 11) is 0. The highest BCUT2D eigenvalue weighted by Gasteiger charge is 2.11. The van der Waals surface area contributed by atoms with E-state index in [0.717, 1.165) is 22.4 Å². The number of guanidine groups is 1. The van der Waals surface area contributed by atoms with Crippen LogP contribution >= 0.6 is 0 Å². The molecule has 0 aromatic heterocycles. The maximum Gasteiger partial charge on any atom is 0.238 e. The Labute approximate surface area is 154 Å². The first-order valence-corrected chi connectivity index (χ1v) is 8.55. The fourth-order valence-corrected chi connectivity index (χ4v) is 2.31. The average molecular weight is 353 g/mol. The fourth-order valence-electron chi connectivity index (χ4n) is 2.31. The molecule has 0 radical (unpaired) electrons. The van der Waals surface area contributed by atoms with Crippen LogP contribution in [0.4, 0.5) is 5.69 Å². The predicted octanol–water partition coefficient (Wildman–Crippen LogP) is 2.66. The van der Waals surface area contributed by atoms with E-state index < -0.39 is 0 Å². The van der Waals surface area contributed by atoms with Gasteiger partial charge in [-0.05, 0) is 49.6 Å². The molecule has 0 bridgehead atoms. The third kappa shape index (κ3) is 6.57. The normalized spacial score (nSPS) is 11.0. The van der Waals surface area contributed by atoms with Gasteiger partial charge in [0.15, 0.2) is 5.96 Å². The highest BCUT2D eigenvalue weighted by Crippen LogP contribution is 2.22. The summed E-state index contributed by atoms with van der Waals surface area (Å²) in [5.41, 5.74) is 9.19. The molecule has 1 amide bonds. The van der Waals surface area contributed by atoms with Gasteiger partial charge in [-0.1, -0.05) is 36.4 Å². The van der Waals surface area contributed by atoms with Crippen molar-refractivity contribution in [3.63, 3.8) is 0 Å². The SMILES string of the molecule is CC(C)(C)NCC(=O)Nc1ccc(-c2ccc(CNC(=N)N)cc2)cc1. The van der Waals surface area contributed by atoms with E-state index in [9.17, 15) is 4.79 Å². The quantitative estimate of drug-likeness (QED) is 0.407. The lowest BCUT2D eigenvalue weighted by molar-refractivity contribution is -0.115. The van der Waals surface area contributed by atoms with Crippen LogP contribution in [-0.4, -0.2) is 24.0 Å². The molecule has 0 spiro atoms. The number of amides is 1. The van der Waals surface area contributed by atoms with Crippen LogP contribution in [0.25, 0.3) is 11.1 Å². The van der Waals surface area contributed by atoms with Gasteiger partial charge in [0.2, 0.25) is 5.91 Å². The lowest BCUT2D eigenvalue weighted by Gasteiger charge is -2.20.